The minimum absolute atomic E-state index is 0.0529. The Kier molecular flexibility index (Phi) is 4.29. The van der Waals surface area contributed by atoms with Crippen LogP contribution in [0.3, 0.4) is 0 Å². The van der Waals surface area contributed by atoms with Crippen molar-refractivity contribution in [2.75, 3.05) is 16.4 Å². The largest absolute Gasteiger partial charge is 0.366 e. The van der Waals surface area contributed by atoms with Crippen LogP contribution in [0.15, 0.2) is 27.5 Å². The van der Waals surface area contributed by atoms with Crippen LogP contribution in [0.25, 0.3) is 10.8 Å². The molecule has 0 aliphatic heterocycles. The van der Waals surface area contributed by atoms with Crippen molar-refractivity contribution < 1.29 is 12.9 Å². The van der Waals surface area contributed by atoms with Gasteiger partial charge in [0.1, 0.15) is 0 Å². The van der Waals surface area contributed by atoms with Gasteiger partial charge in [-0.15, -0.1) is 11.6 Å². The van der Waals surface area contributed by atoms with Crippen LogP contribution in [0.4, 0.5) is 5.69 Å². The zero-order valence-corrected chi connectivity index (χ0v) is 12.3. The molecule has 8 heteroatoms. The molecule has 1 aromatic heterocycles. The Morgan fingerprint density at radius 2 is 2.10 bits per heavy atom. The van der Waals surface area contributed by atoms with Crippen LogP contribution in [0.1, 0.15) is 12.1 Å². The SMILES string of the molecule is Cc1noc(=O)c2ccc(NS(=O)(=O)CCCCl)cc12. The van der Waals surface area contributed by atoms with Crippen molar-refractivity contribution >= 4 is 38.1 Å². The number of benzene rings is 1. The van der Waals surface area contributed by atoms with E-state index in [4.69, 9.17) is 11.6 Å². The molecule has 0 saturated carbocycles. The van der Waals surface area contributed by atoms with Gasteiger partial charge in [-0.2, -0.15) is 0 Å². The highest BCUT2D eigenvalue weighted by Gasteiger charge is 2.12. The van der Waals surface area contributed by atoms with Crippen LogP contribution < -0.4 is 10.3 Å². The second-order valence-corrected chi connectivity index (χ2v) is 6.50. The van der Waals surface area contributed by atoms with E-state index in [9.17, 15) is 13.2 Å². The molecule has 108 valence electrons. The van der Waals surface area contributed by atoms with Crippen LogP contribution in [-0.2, 0) is 10.0 Å². The Hall–Kier alpha value is -1.60. The Morgan fingerprint density at radius 1 is 1.35 bits per heavy atom. The van der Waals surface area contributed by atoms with Gasteiger partial charge in [0.15, 0.2) is 0 Å². The van der Waals surface area contributed by atoms with Gasteiger partial charge in [0, 0.05) is 17.0 Å². The molecule has 0 fully saturated rings. The van der Waals surface area contributed by atoms with Gasteiger partial charge in [-0.1, -0.05) is 5.16 Å². The van der Waals surface area contributed by atoms with Gasteiger partial charge in [-0.3, -0.25) is 4.72 Å². The Morgan fingerprint density at radius 3 is 2.80 bits per heavy atom. The summed E-state index contributed by atoms with van der Waals surface area (Å²) in [6.07, 6.45) is 0.370. The summed E-state index contributed by atoms with van der Waals surface area (Å²) in [5.74, 6) is 0.228. The average Bonchev–Trinajstić information content (AvgIpc) is 2.40. The molecule has 2 aromatic rings. The van der Waals surface area contributed by atoms with E-state index in [0.717, 1.165) is 0 Å². The molecule has 1 heterocycles. The Bertz CT molecular complexity index is 786. The lowest BCUT2D eigenvalue weighted by Gasteiger charge is -2.08. The predicted molar refractivity (Wildman–Crippen MR) is 77.8 cm³/mol. The summed E-state index contributed by atoms with van der Waals surface area (Å²) in [6.45, 7) is 1.68. The third-order valence-electron chi connectivity index (χ3n) is 2.71. The number of halogens is 1. The van der Waals surface area contributed by atoms with Crippen LogP contribution in [0, 0.1) is 6.92 Å². The van der Waals surface area contributed by atoms with Gasteiger partial charge in [-0.25, -0.2) is 13.2 Å². The van der Waals surface area contributed by atoms with E-state index in [-0.39, 0.29) is 11.6 Å². The normalized spacial score (nSPS) is 11.7. The van der Waals surface area contributed by atoms with E-state index in [2.05, 4.69) is 14.4 Å². The molecule has 0 bridgehead atoms. The van der Waals surface area contributed by atoms with E-state index < -0.39 is 15.6 Å². The van der Waals surface area contributed by atoms with Crippen molar-refractivity contribution in [1.82, 2.24) is 5.16 Å². The van der Waals surface area contributed by atoms with Crippen molar-refractivity contribution in [2.24, 2.45) is 0 Å². The second kappa shape index (κ2) is 5.80. The highest BCUT2D eigenvalue weighted by molar-refractivity contribution is 7.92. The Labute approximate surface area is 120 Å². The number of hydrogen-bond donors (Lipinski definition) is 1. The summed E-state index contributed by atoms with van der Waals surface area (Å²) in [4.78, 5) is 11.5. The standard InChI is InChI=1S/C12H13ClN2O4S/c1-8-11-7-9(15-20(17,18)6-2-5-13)3-4-10(11)12(16)19-14-8/h3-4,7,15H,2,5-6H2,1H3. The summed E-state index contributed by atoms with van der Waals surface area (Å²) in [5, 5.41) is 4.53. The maximum Gasteiger partial charge on any atom is 0.366 e. The van der Waals surface area contributed by atoms with Gasteiger partial charge in [0.25, 0.3) is 0 Å². The number of anilines is 1. The van der Waals surface area contributed by atoms with E-state index in [1.807, 2.05) is 0 Å². The molecule has 20 heavy (non-hydrogen) atoms. The first kappa shape index (κ1) is 14.8. The zero-order valence-electron chi connectivity index (χ0n) is 10.7. The molecule has 0 amide bonds. The van der Waals surface area contributed by atoms with Gasteiger partial charge >= 0.3 is 5.63 Å². The first-order chi connectivity index (χ1) is 9.43. The molecule has 0 atom stereocenters. The molecule has 0 aliphatic carbocycles. The summed E-state index contributed by atoms with van der Waals surface area (Å²) in [6, 6.07) is 4.58. The van der Waals surface area contributed by atoms with Crippen LogP contribution in [-0.4, -0.2) is 25.2 Å². The maximum absolute atomic E-state index is 11.8. The van der Waals surface area contributed by atoms with Crippen molar-refractivity contribution in [1.29, 1.82) is 0 Å². The summed E-state index contributed by atoms with van der Waals surface area (Å²) in [7, 11) is -3.44. The fourth-order valence-corrected chi connectivity index (χ4v) is 3.17. The highest BCUT2D eigenvalue weighted by atomic mass is 35.5. The van der Waals surface area contributed by atoms with Crippen LogP contribution in [0.5, 0.6) is 0 Å². The molecule has 1 aromatic carbocycles. The molecule has 0 radical (unpaired) electrons. The topological polar surface area (TPSA) is 89.3 Å². The molecule has 0 aliphatic rings. The van der Waals surface area contributed by atoms with Crippen molar-refractivity contribution in [3.05, 3.63) is 34.3 Å². The first-order valence-electron chi connectivity index (χ1n) is 5.90. The van der Waals surface area contributed by atoms with E-state index in [0.29, 0.717) is 28.6 Å². The molecule has 6 nitrogen and oxygen atoms in total. The highest BCUT2D eigenvalue weighted by Crippen LogP contribution is 2.19. The molecule has 0 unspecified atom stereocenters. The third-order valence-corrected chi connectivity index (χ3v) is 4.35. The lowest BCUT2D eigenvalue weighted by molar-refractivity contribution is 0.371. The number of nitrogens with one attached hydrogen (secondary N) is 1. The molecule has 1 N–H and O–H groups in total. The number of sulfonamides is 1. The molecular formula is C12H13ClN2O4S. The zero-order chi connectivity index (χ0) is 14.8. The molecular weight excluding hydrogens is 304 g/mol. The molecule has 0 spiro atoms. The summed E-state index contributed by atoms with van der Waals surface area (Å²) < 4.78 is 30.6. The first-order valence-corrected chi connectivity index (χ1v) is 8.08. The average molecular weight is 317 g/mol. The third kappa shape index (κ3) is 3.29. The number of alkyl halides is 1. The number of hydrogen-bond acceptors (Lipinski definition) is 5. The van der Waals surface area contributed by atoms with E-state index in [1.54, 1.807) is 13.0 Å². The van der Waals surface area contributed by atoms with E-state index >= 15 is 0 Å². The smallest absolute Gasteiger partial charge is 0.313 e. The fraction of sp³-hybridized carbons (Fsp3) is 0.333. The minimum Gasteiger partial charge on any atom is -0.313 e. The van der Waals surface area contributed by atoms with Gasteiger partial charge in [0.2, 0.25) is 10.0 Å². The lowest BCUT2D eigenvalue weighted by Crippen LogP contribution is -2.17. The predicted octanol–water partition coefficient (Wildman–Crippen LogP) is 1.87. The second-order valence-electron chi connectivity index (χ2n) is 4.28. The lowest BCUT2D eigenvalue weighted by atomic mass is 10.1. The fourth-order valence-electron chi connectivity index (χ4n) is 1.77. The minimum atomic E-state index is -3.44. The number of rotatable bonds is 5. The molecule has 0 saturated heterocycles. The van der Waals surface area contributed by atoms with Crippen LogP contribution >= 0.6 is 11.6 Å². The van der Waals surface area contributed by atoms with Gasteiger partial charge < -0.3 is 4.52 Å². The number of aryl methyl sites for hydroxylation is 1. The maximum atomic E-state index is 11.8. The van der Waals surface area contributed by atoms with Crippen LogP contribution in [0.2, 0.25) is 0 Å². The van der Waals surface area contributed by atoms with Gasteiger partial charge in [0.05, 0.1) is 16.8 Å². The molecule has 2 rings (SSSR count). The van der Waals surface area contributed by atoms with Gasteiger partial charge in [-0.05, 0) is 31.5 Å². The van der Waals surface area contributed by atoms with Crippen molar-refractivity contribution in [3.8, 4) is 0 Å². The Balaban J connectivity index is 2.38. The summed E-state index contributed by atoms with van der Waals surface area (Å²) in [5.41, 5.74) is 0.339. The monoisotopic (exact) mass is 316 g/mol. The number of nitrogens with zero attached hydrogens (tertiary/aromatic N) is 1. The van der Waals surface area contributed by atoms with E-state index in [1.165, 1.54) is 12.1 Å². The van der Waals surface area contributed by atoms with Crippen molar-refractivity contribution in [3.63, 3.8) is 0 Å². The quantitative estimate of drug-likeness (QED) is 0.850. The summed E-state index contributed by atoms with van der Waals surface area (Å²) >= 11 is 5.48. The number of fused-ring (bicyclic) bond motifs is 1. The van der Waals surface area contributed by atoms with Crippen molar-refractivity contribution in [2.45, 2.75) is 13.3 Å². The number of aromatic nitrogens is 1.